The van der Waals surface area contributed by atoms with Crippen LogP contribution in [-0.4, -0.2) is 9.38 Å². The number of aryl methyl sites for hydroxylation is 2. The molecule has 0 amide bonds. The number of imidazole rings is 1. The maximum atomic E-state index is 13.6. The molecule has 1 aromatic carbocycles. The van der Waals surface area contributed by atoms with E-state index >= 15 is 0 Å². The van der Waals surface area contributed by atoms with Crippen LogP contribution < -0.4 is 5.32 Å². The van der Waals surface area contributed by atoms with Crippen LogP contribution in [0.5, 0.6) is 0 Å². The molecule has 0 saturated carbocycles. The number of para-hydroxylation sites is 1. The van der Waals surface area contributed by atoms with Gasteiger partial charge in [0.05, 0.1) is 17.9 Å². The number of nitrogens with zero attached hydrogens (tertiary/aromatic N) is 2. The molecule has 0 spiro atoms. The van der Waals surface area contributed by atoms with Gasteiger partial charge in [0.2, 0.25) is 0 Å². The van der Waals surface area contributed by atoms with Crippen LogP contribution in [0.4, 0.5) is 14.5 Å². The molecule has 0 atom stereocenters. The minimum Gasteiger partial charge on any atom is -0.375 e. The lowest BCUT2D eigenvalue weighted by atomic mass is 10.2. The summed E-state index contributed by atoms with van der Waals surface area (Å²) in [6.07, 6.45) is 1.98. The van der Waals surface area contributed by atoms with Crippen LogP contribution >= 0.6 is 11.3 Å². The molecule has 0 aliphatic heterocycles. The van der Waals surface area contributed by atoms with Crippen LogP contribution in [0.3, 0.4) is 0 Å². The van der Waals surface area contributed by atoms with E-state index in [1.54, 1.807) is 11.3 Å². The number of halogens is 2. The largest absolute Gasteiger partial charge is 0.375 e. The smallest absolute Gasteiger partial charge is 0.194 e. The van der Waals surface area contributed by atoms with E-state index in [2.05, 4.69) is 10.3 Å². The minimum atomic E-state index is -0.593. The van der Waals surface area contributed by atoms with Crippen molar-refractivity contribution in [2.45, 2.75) is 20.4 Å². The maximum absolute atomic E-state index is 13.6. The number of benzene rings is 1. The molecule has 0 unspecified atom stereocenters. The first-order valence-corrected chi connectivity index (χ1v) is 7.00. The Labute approximate surface area is 118 Å². The highest BCUT2D eigenvalue weighted by molar-refractivity contribution is 7.17. The van der Waals surface area contributed by atoms with E-state index in [1.807, 2.05) is 24.4 Å². The molecule has 104 valence electrons. The van der Waals surface area contributed by atoms with Crippen LogP contribution in [0.2, 0.25) is 0 Å². The Bertz CT molecular complexity index is 756. The van der Waals surface area contributed by atoms with Crippen molar-refractivity contribution in [3.63, 3.8) is 0 Å². The number of rotatable bonds is 3. The van der Waals surface area contributed by atoms with E-state index < -0.39 is 11.6 Å². The second-order valence-corrected chi connectivity index (χ2v) is 5.80. The van der Waals surface area contributed by atoms with Crippen molar-refractivity contribution in [3.05, 3.63) is 52.3 Å². The lowest BCUT2D eigenvalue weighted by Gasteiger charge is -2.08. The van der Waals surface area contributed by atoms with E-state index in [0.717, 1.165) is 21.2 Å². The number of thiazole rings is 1. The SMILES string of the molecule is Cc1cn2c(CNc3c(F)cccc3F)c(C)nc2s1. The van der Waals surface area contributed by atoms with Gasteiger partial charge >= 0.3 is 0 Å². The summed E-state index contributed by atoms with van der Waals surface area (Å²) in [6.45, 7) is 4.22. The van der Waals surface area contributed by atoms with Crippen molar-refractivity contribution in [1.82, 2.24) is 9.38 Å². The third-order valence-electron chi connectivity index (χ3n) is 3.14. The summed E-state index contributed by atoms with van der Waals surface area (Å²) in [4.78, 5) is 6.48. The van der Waals surface area contributed by atoms with Crippen molar-refractivity contribution in [2.75, 3.05) is 5.32 Å². The van der Waals surface area contributed by atoms with Crippen LogP contribution in [0.25, 0.3) is 4.96 Å². The Morgan fingerprint density at radius 3 is 2.65 bits per heavy atom. The van der Waals surface area contributed by atoms with Gasteiger partial charge in [0.1, 0.15) is 17.3 Å². The van der Waals surface area contributed by atoms with Crippen LogP contribution in [0.15, 0.2) is 24.4 Å². The highest BCUT2D eigenvalue weighted by Crippen LogP contribution is 2.23. The fourth-order valence-electron chi connectivity index (χ4n) is 2.16. The summed E-state index contributed by atoms with van der Waals surface area (Å²) in [5.74, 6) is -1.19. The van der Waals surface area contributed by atoms with Crippen molar-refractivity contribution in [2.24, 2.45) is 0 Å². The first-order chi connectivity index (χ1) is 9.56. The van der Waals surface area contributed by atoms with Gasteiger partial charge < -0.3 is 5.32 Å². The molecule has 2 heterocycles. The summed E-state index contributed by atoms with van der Waals surface area (Å²) in [6, 6.07) is 3.82. The van der Waals surface area contributed by atoms with Crippen LogP contribution in [0, 0.1) is 25.5 Å². The van der Waals surface area contributed by atoms with Gasteiger partial charge in [-0.2, -0.15) is 0 Å². The topological polar surface area (TPSA) is 29.3 Å². The standard InChI is InChI=1S/C14H13F2N3S/c1-8-7-19-12(9(2)18-14(19)20-8)6-17-13-10(15)4-3-5-11(13)16/h3-5,7,17H,6H2,1-2H3. The Morgan fingerprint density at radius 1 is 1.25 bits per heavy atom. The average molecular weight is 293 g/mol. The fourth-order valence-corrected chi connectivity index (χ4v) is 3.05. The van der Waals surface area contributed by atoms with E-state index in [-0.39, 0.29) is 5.69 Å². The summed E-state index contributed by atoms with van der Waals surface area (Å²) < 4.78 is 29.1. The molecule has 3 rings (SSSR count). The van der Waals surface area contributed by atoms with Crippen molar-refractivity contribution < 1.29 is 8.78 Å². The number of anilines is 1. The first-order valence-electron chi connectivity index (χ1n) is 6.18. The molecule has 3 nitrogen and oxygen atoms in total. The Hall–Kier alpha value is -1.95. The molecule has 6 heteroatoms. The first kappa shape index (κ1) is 13.1. The maximum Gasteiger partial charge on any atom is 0.194 e. The van der Waals surface area contributed by atoms with Crippen molar-refractivity contribution >= 4 is 22.0 Å². The molecular formula is C14H13F2N3S. The molecule has 0 aliphatic rings. The zero-order chi connectivity index (χ0) is 14.3. The van der Waals surface area contributed by atoms with Crippen LogP contribution in [-0.2, 0) is 6.54 Å². The number of hydrogen-bond acceptors (Lipinski definition) is 3. The molecular weight excluding hydrogens is 280 g/mol. The second-order valence-electron chi connectivity index (χ2n) is 4.59. The Morgan fingerprint density at radius 2 is 1.95 bits per heavy atom. The number of nitrogens with one attached hydrogen (secondary N) is 1. The van der Waals surface area contributed by atoms with Gasteiger partial charge in [-0.05, 0) is 26.0 Å². The van der Waals surface area contributed by atoms with E-state index in [9.17, 15) is 8.78 Å². The molecule has 2 aromatic heterocycles. The zero-order valence-corrected chi connectivity index (χ0v) is 11.9. The van der Waals surface area contributed by atoms with Gasteiger partial charge in [-0.1, -0.05) is 6.07 Å². The van der Waals surface area contributed by atoms with Crippen molar-refractivity contribution in [3.8, 4) is 0 Å². The molecule has 3 aromatic rings. The summed E-state index contributed by atoms with van der Waals surface area (Å²) in [5, 5.41) is 2.82. The predicted molar refractivity (Wildman–Crippen MR) is 76.2 cm³/mol. The van der Waals surface area contributed by atoms with Gasteiger partial charge in [0.15, 0.2) is 4.96 Å². The van der Waals surface area contributed by atoms with E-state index in [4.69, 9.17) is 0 Å². The van der Waals surface area contributed by atoms with Gasteiger partial charge in [0.25, 0.3) is 0 Å². The highest BCUT2D eigenvalue weighted by Gasteiger charge is 2.13. The summed E-state index contributed by atoms with van der Waals surface area (Å²) >= 11 is 1.59. The van der Waals surface area contributed by atoms with Gasteiger partial charge in [-0.3, -0.25) is 4.40 Å². The van der Waals surface area contributed by atoms with Crippen LogP contribution in [0.1, 0.15) is 16.3 Å². The predicted octanol–water partition coefficient (Wildman–Crippen LogP) is 3.90. The molecule has 0 fully saturated rings. The van der Waals surface area contributed by atoms with E-state index in [1.165, 1.54) is 18.2 Å². The molecule has 0 radical (unpaired) electrons. The average Bonchev–Trinajstić information content (AvgIpc) is 2.85. The molecule has 20 heavy (non-hydrogen) atoms. The normalized spacial score (nSPS) is 11.2. The van der Waals surface area contributed by atoms with E-state index in [0.29, 0.717) is 6.54 Å². The lowest BCUT2D eigenvalue weighted by molar-refractivity contribution is 0.587. The number of aromatic nitrogens is 2. The lowest BCUT2D eigenvalue weighted by Crippen LogP contribution is -2.06. The Kier molecular flexibility index (Phi) is 3.17. The zero-order valence-electron chi connectivity index (χ0n) is 11.1. The molecule has 0 saturated heterocycles. The monoisotopic (exact) mass is 293 g/mol. The Balaban J connectivity index is 1.92. The van der Waals surface area contributed by atoms with Gasteiger partial charge in [-0.25, -0.2) is 13.8 Å². The third-order valence-corrected chi connectivity index (χ3v) is 4.03. The highest BCUT2D eigenvalue weighted by atomic mass is 32.1. The third kappa shape index (κ3) is 2.16. The summed E-state index contributed by atoms with van der Waals surface area (Å²) in [5.41, 5.74) is 1.67. The fraction of sp³-hybridized carbons (Fsp3) is 0.214. The van der Waals surface area contributed by atoms with Gasteiger partial charge in [0, 0.05) is 11.1 Å². The van der Waals surface area contributed by atoms with Gasteiger partial charge in [-0.15, -0.1) is 11.3 Å². The van der Waals surface area contributed by atoms with Crippen molar-refractivity contribution in [1.29, 1.82) is 0 Å². The molecule has 0 bridgehead atoms. The number of fused-ring (bicyclic) bond motifs is 1. The summed E-state index contributed by atoms with van der Waals surface area (Å²) in [7, 11) is 0. The minimum absolute atomic E-state index is 0.103. The quantitative estimate of drug-likeness (QED) is 0.793. The molecule has 0 aliphatic carbocycles. The molecule has 1 N–H and O–H groups in total. The second kappa shape index (κ2) is 4.86. The number of hydrogen-bond donors (Lipinski definition) is 1.